The van der Waals surface area contributed by atoms with Gasteiger partial charge in [0.25, 0.3) is 0 Å². The van der Waals surface area contributed by atoms with Crippen molar-refractivity contribution in [3.05, 3.63) is 23.8 Å². The highest BCUT2D eigenvalue weighted by Gasteiger charge is 2.19. The molecule has 1 fully saturated rings. The van der Waals surface area contributed by atoms with Crippen LogP contribution in [0, 0.1) is 0 Å². The monoisotopic (exact) mass is 291 g/mol. The molecule has 0 aromatic heterocycles. The van der Waals surface area contributed by atoms with Gasteiger partial charge in [-0.2, -0.15) is 0 Å². The van der Waals surface area contributed by atoms with Crippen molar-refractivity contribution in [1.29, 1.82) is 0 Å². The van der Waals surface area contributed by atoms with E-state index in [1.54, 1.807) is 0 Å². The van der Waals surface area contributed by atoms with Crippen LogP contribution in [0.2, 0.25) is 0 Å². The summed E-state index contributed by atoms with van der Waals surface area (Å²) in [4.78, 5) is 0. The summed E-state index contributed by atoms with van der Waals surface area (Å²) in [5.41, 5.74) is 7.15. The first kappa shape index (κ1) is 16.2. The molecular formula is C18H29NO2. The fraction of sp³-hybridized carbons (Fsp3) is 0.667. The molecule has 1 unspecified atom stereocenters. The van der Waals surface area contributed by atoms with Crippen molar-refractivity contribution in [3.63, 3.8) is 0 Å². The zero-order valence-electron chi connectivity index (χ0n) is 13.4. The second-order valence-electron chi connectivity index (χ2n) is 6.09. The van der Waals surface area contributed by atoms with Crippen LogP contribution in [0.4, 0.5) is 0 Å². The summed E-state index contributed by atoms with van der Waals surface area (Å²) in [7, 11) is 0. The fourth-order valence-electron chi connectivity index (χ4n) is 3.00. The lowest BCUT2D eigenvalue weighted by Gasteiger charge is -2.22. The van der Waals surface area contributed by atoms with Crippen molar-refractivity contribution in [2.45, 2.75) is 70.9 Å². The quantitative estimate of drug-likeness (QED) is 0.803. The van der Waals surface area contributed by atoms with Gasteiger partial charge in [-0.05, 0) is 57.6 Å². The maximum absolute atomic E-state index is 6.37. The van der Waals surface area contributed by atoms with Gasteiger partial charge >= 0.3 is 0 Å². The molecule has 0 radical (unpaired) electrons. The molecule has 1 aliphatic rings. The van der Waals surface area contributed by atoms with E-state index in [4.69, 9.17) is 15.2 Å². The summed E-state index contributed by atoms with van der Waals surface area (Å²) < 4.78 is 12.1. The van der Waals surface area contributed by atoms with Crippen LogP contribution in [0.25, 0.3) is 0 Å². The molecule has 1 aliphatic carbocycles. The van der Waals surface area contributed by atoms with Crippen LogP contribution in [0.1, 0.15) is 57.9 Å². The van der Waals surface area contributed by atoms with Crippen LogP contribution >= 0.6 is 0 Å². The van der Waals surface area contributed by atoms with Gasteiger partial charge in [0.05, 0.1) is 12.7 Å². The molecule has 0 aliphatic heterocycles. The van der Waals surface area contributed by atoms with E-state index in [0.717, 1.165) is 30.8 Å². The van der Waals surface area contributed by atoms with Crippen LogP contribution in [-0.4, -0.2) is 18.8 Å². The van der Waals surface area contributed by atoms with Gasteiger partial charge in [0.15, 0.2) is 11.5 Å². The van der Waals surface area contributed by atoms with Gasteiger partial charge in [-0.1, -0.05) is 25.0 Å². The Morgan fingerprint density at radius 3 is 2.52 bits per heavy atom. The SMILES string of the molecule is CCOc1cccc(CC(C)N)c1OC1CCCCCC1. The zero-order chi connectivity index (χ0) is 15.1. The lowest BCUT2D eigenvalue weighted by Crippen LogP contribution is -2.21. The molecule has 0 amide bonds. The Labute approximate surface area is 128 Å². The number of benzene rings is 1. The number of rotatable bonds is 6. The average Bonchev–Trinajstić information content (AvgIpc) is 2.70. The molecule has 0 spiro atoms. The van der Waals surface area contributed by atoms with Gasteiger partial charge in [-0.25, -0.2) is 0 Å². The Morgan fingerprint density at radius 1 is 1.19 bits per heavy atom. The Morgan fingerprint density at radius 2 is 1.90 bits per heavy atom. The highest BCUT2D eigenvalue weighted by atomic mass is 16.5. The summed E-state index contributed by atoms with van der Waals surface area (Å²) in [5.74, 6) is 1.78. The van der Waals surface area contributed by atoms with Gasteiger partial charge in [-0.15, -0.1) is 0 Å². The van der Waals surface area contributed by atoms with Crippen LogP contribution in [0.15, 0.2) is 18.2 Å². The molecule has 2 N–H and O–H groups in total. The van der Waals surface area contributed by atoms with Gasteiger partial charge in [0.1, 0.15) is 0 Å². The third-order valence-electron chi connectivity index (χ3n) is 3.99. The maximum Gasteiger partial charge on any atom is 0.164 e. The van der Waals surface area contributed by atoms with Gasteiger partial charge < -0.3 is 15.2 Å². The van der Waals surface area contributed by atoms with E-state index in [0.29, 0.717) is 12.7 Å². The summed E-state index contributed by atoms with van der Waals surface area (Å²) in [5, 5.41) is 0. The predicted molar refractivity (Wildman–Crippen MR) is 87.1 cm³/mol. The highest BCUT2D eigenvalue weighted by Crippen LogP contribution is 2.35. The van der Waals surface area contributed by atoms with Crippen LogP contribution in [0.3, 0.4) is 0 Å². The molecule has 1 atom stereocenters. The van der Waals surface area contributed by atoms with Crippen molar-refractivity contribution in [2.24, 2.45) is 5.73 Å². The van der Waals surface area contributed by atoms with E-state index in [-0.39, 0.29) is 6.04 Å². The van der Waals surface area contributed by atoms with E-state index in [1.807, 2.05) is 26.0 Å². The fourth-order valence-corrected chi connectivity index (χ4v) is 3.00. The van der Waals surface area contributed by atoms with Gasteiger partial charge in [0, 0.05) is 6.04 Å². The minimum atomic E-state index is 0.123. The third kappa shape index (κ3) is 4.92. The second kappa shape index (κ2) is 8.28. The standard InChI is InChI=1S/C18H29NO2/c1-3-20-17-12-8-9-15(13-14(2)19)18(17)21-16-10-6-4-5-7-11-16/h8-9,12,14,16H,3-7,10-11,13,19H2,1-2H3. The van der Waals surface area contributed by atoms with E-state index in [1.165, 1.54) is 31.2 Å². The topological polar surface area (TPSA) is 44.5 Å². The number of hydrogen-bond acceptors (Lipinski definition) is 3. The minimum absolute atomic E-state index is 0.123. The van der Waals surface area contributed by atoms with Crippen molar-refractivity contribution in [1.82, 2.24) is 0 Å². The molecule has 1 aromatic rings. The molecule has 3 nitrogen and oxygen atoms in total. The Balaban J connectivity index is 2.19. The predicted octanol–water partition coefficient (Wildman–Crippen LogP) is 4.08. The molecule has 3 heteroatoms. The molecule has 1 saturated carbocycles. The van der Waals surface area contributed by atoms with Crippen LogP contribution in [-0.2, 0) is 6.42 Å². The van der Waals surface area contributed by atoms with Crippen LogP contribution < -0.4 is 15.2 Å². The normalized spacial score (nSPS) is 18.0. The summed E-state index contributed by atoms with van der Waals surface area (Å²) in [6, 6.07) is 6.26. The molecular weight excluding hydrogens is 262 g/mol. The maximum atomic E-state index is 6.37. The Hall–Kier alpha value is -1.22. The van der Waals surface area contributed by atoms with Gasteiger partial charge in [-0.3, -0.25) is 0 Å². The average molecular weight is 291 g/mol. The van der Waals surface area contributed by atoms with Crippen molar-refractivity contribution >= 4 is 0 Å². The van der Waals surface area contributed by atoms with Crippen LogP contribution in [0.5, 0.6) is 11.5 Å². The molecule has 0 bridgehead atoms. The summed E-state index contributed by atoms with van der Waals surface area (Å²) in [6.45, 7) is 4.69. The van der Waals surface area contributed by atoms with Crippen molar-refractivity contribution < 1.29 is 9.47 Å². The van der Waals surface area contributed by atoms with E-state index in [9.17, 15) is 0 Å². The molecule has 0 saturated heterocycles. The Bertz CT molecular complexity index is 423. The van der Waals surface area contributed by atoms with E-state index >= 15 is 0 Å². The second-order valence-corrected chi connectivity index (χ2v) is 6.09. The molecule has 21 heavy (non-hydrogen) atoms. The van der Waals surface area contributed by atoms with E-state index < -0.39 is 0 Å². The zero-order valence-corrected chi connectivity index (χ0v) is 13.4. The molecule has 1 aromatic carbocycles. The number of hydrogen-bond donors (Lipinski definition) is 1. The lowest BCUT2D eigenvalue weighted by molar-refractivity contribution is 0.171. The Kier molecular flexibility index (Phi) is 6.37. The molecule has 2 rings (SSSR count). The largest absolute Gasteiger partial charge is 0.490 e. The minimum Gasteiger partial charge on any atom is -0.490 e. The number of nitrogens with two attached hydrogens (primary N) is 1. The first-order valence-corrected chi connectivity index (χ1v) is 8.37. The first-order chi connectivity index (χ1) is 10.2. The molecule has 0 heterocycles. The summed E-state index contributed by atoms with van der Waals surface area (Å²) >= 11 is 0. The lowest BCUT2D eigenvalue weighted by atomic mass is 10.1. The number of para-hydroxylation sites is 1. The van der Waals surface area contributed by atoms with E-state index in [2.05, 4.69) is 6.07 Å². The highest BCUT2D eigenvalue weighted by molar-refractivity contribution is 5.47. The smallest absolute Gasteiger partial charge is 0.164 e. The van der Waals surface area contributed by atoms with Crippen molar-refractivity contribution in [3.8, 4) is 11.5 Å². The third-order valence-corrected chi connectivity index (χ3v) is 3.99. The first-order valence-electron chi connectivity index (χ1n) is 8.37. The van der Waals surface area contributed by atoms with Crippen molar-refractivity contribution in [2.75, 3.05) is 6.61 Å². The number of ether oxygens (including phenoxy) is 2. The van der Waals surface area contributed by atoms with Gasteiger partial charge in [0.2, 0.25) is 0 Å². The molecule has 118 valence electrons. The summed E-state index contributed by atoms with van der Waals surface area (Å²) in [6.07, 6.45) is 8.65.